The standard InChI is InChI=1S/C17H15F3N4OS/c18-17(19,20)12-5-6-14-21-22-15(24(14)10-12)11-3-1-7-23(9-11)16(25)13-4-2-8-26-13/h2,4-6,8,10-11H,1,3,7,9H2. The fourth-order valence-electron chi connectivity index (χ4n) is 3.28. The number of pyridine rings is 1. The summed E-state index contributed by atoms with van der Waals surface area (Å²) in [7, 11) is 0. The molecule has 1 amide bonds. The van der Waals surface area contributed by atoms with Gasteiger partial charge in [0.15, 0.2) is 5.65 Å². The van der Waals surface area contributed by atoms with Gasteiger partial charge in [-0.05, 0) is 36.4 Å². The van der Waals surface area contributed by atoms with Crippen LogP contribution in [-0.4, -0.2) is 38.5 Å². The van der Waals surface area contributed by atoms with E-state index in [1.165, 1.54) is 21.8 Å². The maximum Gasteiger partial charge on any atom is 0.417 e. The molecule has 0 N–H and O–H groups in total. The topological polar surface area (TPSA) is 50.5 Å². The summed E-state index contributed by atoms with van der Waals surface area (Å²) >= 11 is 1.38. The van der Waals surface area contributed by atoms with E-state index in [0.29, 0.717) is 29.4 Å². The molecule has 0 radical (unpaired) electrons. The van der Waals surface area contributed by atoms with Crippen LogP contribution in [0, 0.1) is 0 Å². The minimum absolute atomic E-state index is 0.0468. The van der Waals surface area contributed by atoms with Crippen molar-refractivity contribution in [3.05, 3.63) is 52.1 Å². The second-order valence-corrected chi connectivity index (χ2v) is 7.22. The Balaban J connectivity index is 1.63. The number of rotatable bonds is 2. The van der Waals surface area contributed by atoms with Crippen LogP contribution >= 0.6 is 11.3 Å². The Morgan fingerprint density at radius 3 is 2.81 bits per heavy atom. The molecule has 0 aromatic carbocycles. The number of aromatic nitrogens is 3. The van der Waals surface area contributed by atoms with E-state index < -0.39 is 11.7 Å². The summed E-state index contributed by atoms with van der Waals surface area (Å²) in [6.07, 6.45) is -1.87. The first-order valence-corrected chi connectivity index (χ1v) is 9.06. The lowest BCUT2D eigenvalue weighted by atomic mass is 9.97. The molecule has 1 aliphatic rings. The van der Waals surface area contributed by atoms with Crippen molar-refractivity contribution >= 4 is 22.9 Å². The van der Waals surface area contributed by atoms with E-state index in [0.717, 1.165) is 25.1 Å². The minimum atomic E-state index is -4.43. The third-order valence-electron chi connectivity index (χ3n) is 4.56. The molecular weight excluding hydrogens is 365 g/mol. The molecule has 3 aromatic rings. The number of carbonyl (C=O) groups excluding carboxylic acids is 1. The van der Waals surface area contributed by atoms with Gasteiger partial charge in [-0.1, -0.05) is 6.07 Å². The van der Waals surface area contributed by atoms with Gasteiger partial charge in [-0.25, -0.2) is 0 Å². The van der Waals surface area contributed by atoms with E-state index >= 15 is 0 Å². The highest BCUT2D eigenvalue weighted by atomic mass is 32.1. The first-order chi connectivity index (χ1) is 12.4. The minimum Gasteiger partial charge on any atom is -0.337 e. The molecule has 9 heteroatoms. The Kier molecular flexibility index (Phi) is 4.18. The van der Waals surface area contributed by atoms with Crippen molar-refractivity contribution < 1.29 is 18.0 Å². The van der Waals surface area contributed by atoms with Gasteiger partial charge in [0.2, 0.25) is 0 Å². The average molecular weight is 380 g/mol. The van der Waals surface area contributed by atoms with Gasteiger partial charge in [-0.15, -0.1) is 21.5 Å². The number of hydrogen-bond acceptors (Lipinski definition) is 4. The molecule has 136 valence electrons. The van der Waals surface area contributed by atoms with Crippen molar-refractivity contribution in [2.24, 2.45) is 0 Å². The quantitative estimate of drug-likeness (QED) is 0.679. The van der Waals surface area contributed by atoms with Crippen LogP contribution in [0.15, 0.2) is 35.8 Å². The normalized spacial score (nSPS) is 18.4. The Morgan fingerprint density at radius 2 is 2.08 bits per heavy atom. The lowest BCUT2D eigenvalue weighted by molar-refractivity contribution is -0.137. The molecule has 1 fully saturated rings. The molecule has 3 aromatic heterocycles. The molecule has 1 aliphatic heterocycles. The van der Waals surface area contributed by atoms with Gasteiger partial charge < -0.3 is 4.90 Å². The molecule has 1 unspecified atom stereocenters. The van der Waals surface area contributed by atoms with Crippen molar-refractivity contribution in [1.82, 2.24) is 19.5 Å². The molecule has 1 saturated heterocycles. The van der Waals surface area contributed by atoms with Crippen molar-refractivity contribution in [3.63, 3.8) is 0 Å². The summed E-state index contributed by atoms with van der Waals surface area (Å²) < 4.78 is 40.4. The average Bonchev–Trinajstić information content (AvgIpc) is 3.29. The number of alkyl halides is 3. The third-order valence-corrected chi connectivity index (χ3v) is 5.42. The second kappa shape index (κ2) is 6.39. The number of likely N-dealkylation sites (tertiary alicyclic amines) is 1. The molecule has 1 atom stereocenters. The molecule has 0 aliphatic carbocycles. The van der Waals surface area contributed by atoms with Crippen molar-refractivity contribution in [2.75, 3.05) is 13.1 Å². The predicted molar refractivity (Wildman–Crippen MR) is 90.2 cm³/mol. The predicted octanol–water partition coefficient (Wildman–Crippen LogP) is 3.83. The fraction of sp³-hybridized carbons (Fsp3) is 0.353. The van der Waals surface area contributed by atoms with E-state index in [2.05, 4.69) is 10.2 Å². The van der Waals surface area contributed by atoms with E-state index in [1.54, 1.807) is 11.0 Å². The van der Waals surface area contributed by atoms with E-state index in [9.17, 15) is 18.0 Å². The number of piperidine rings is 1. The summed E-state index contributed by atoms with van der Waals surface area (Å²) in [5.41, 5.74) is -0.372. The fourth-order valence-corrected chi connectivity index (χ4v) is 3.97. The first-order valence-electron chi connectivity index (χ1n) is 8.18. The molecular formula is C17H15F3N4OS. The third kappa shape index (κ3) is 3.07. The smallest absolute Gasteiger partial charge is 0.337 e. The van der Waals surface area contributed by atoms with Crippen molar-refractivity contribution in [1.29, 1.82) is 0 Å². The van der Waals surface area contributed by atoms with Crippen LogP contribution in [0.3, 0.4) is 0 Å². The van der Waals surface area contributed by atoms with Gasteiger partial charge in [-0.2, -0.15) is 13.2 Å². The van der Waals surface area contributed by atoms with Crippen LogP contribution in [0.5, 0.6) is 0 Å². The van der Waals surface area contributed by atoms with Crippen molar-refractivity contribution in [3.8, 4) is 0 Å². The zero-order valence-corrected chi connectivity index (χ0v) is 14.4. The number of amides is 1. The number of hydrogen-bond donors (Lipinski definition) is 0. The van der Waals surface area contributed by atoms with Gasteiger partial charge in [0.1, 0.15) is 5.82 Å². The highest BCUT2D eigenvalue weighted by Crippen LogP contribution is 2.31. The SMILES string of the molecule is O=C(c1cccs1)N1CCCC(c2nnc3ccc(C(F)(F)F)cn23)C1. The molecule has 5 nitrogen and oxygen atoms in total. The first kappa shape index (κ1) is 17.0. The number of thiophene rings is 1. The van der Waals surface area contributed by atoms with Gasteiger partial charge in [0.05, 0.1) is 10.4 Å². The number of fused-ring (bicyclic) bond motifs is 1. The number of carbonyl (C=O) groups is 1. The van der Waals surface area contributed by atoms with Crippen LogP contribution in [-0.2, 0) is 6.18 Å². The maximum atomic E-state index is 13.0. The van der Waals surface area contributed by atoms with Crippen LogP contribution in [0.4, 0.5) is 13.2 Å². The molecule has 4 heterocycles. The van der Waals surface area contributed by atoms with E-state index in [-0.39, 0.29) is 11.8 Å². The summed E-state index contributed by atoms with van der Waals surface area (Å²) in [4.78, 5) is 15.0. The van der Waals surface area contributed by atoms with Gasteiger partial charge in [0, 0.05) is 25.2 Å². The van der Waals surface area contributed by atoms with Crippen LogP contribution in [0.2, 0.25) is 0 Å². The summed E-state index contributed by atoms with van der Waals surface area (Å²) in [6, 6.07) is 5.92. The van der Waals surface area contributed by atoms with Gasteiger partial charge >= 0.3 is 6.18 Å². The molecule has 0 saturated carbocycles. The summed E-state index contributed by atoms with van der Waals surface area (Å²) in [6.45, 7) is 1.06. The Labute approximate surface area is 151 Å². The highest BCUT2D eigenvalue weighted by molar-refractivity contribution is 7.12. The zero-order chi connectivity index (χ0) is 18.3. The summed E-state index contributed by atoms with van der Waals surface area (Å²) in [5.74, 6) is 0.274. The maximum absolute atomic E-state index is 13.0. The number of nitrogens with zero attached hydrogens (tertiary/aromatic N) is 4. The molecule has 0 spiro atoms. The zero-order valence-electron chi connectivity index (χ0n) is 13.6. The molecule has 4 rings (SSSR count). The van der Waals surface area contributed by atoms with Gasteiger partial charge in [0.25, 0.3) is 5.91 Å². The monoisotopic (exact) mass is 380 g/mol. The lowest BCUT2D eigenvalue weighted by Gasteiger charge is -2.31. The van der Waals surface area contributed by atoms with Crippen LogP contribution < -0.4 is 0 Å². The van der Waals surface area contributed by atoms with Gasteiger partial charge in [-0.3, -0.25) is 9.20 Å². The largest absolute Gasteiger partial charge is 0.417 e. The highest BCUT2D eigenvalue weighted by Gasteiger charge is 2.33. The number of halogens is 3. The Bertz CT molecular complexity index is 935. The second-order valence-electron chi connectivity index (χ2n) is 6.27. The van der Waals surface area contributed by atoms with Crippen LogP contribution in [0.1, 0.15) is 39.8 Å². The Morgan fingerprint density at radius 1 is 1.23 bits per heavy atom. The molecule has 26 heavy (non-hydrogen) atoms. The van der Waals surface area contributed by atoms with Crippen molar-refractivity contribution in [2.45, 2.75) is 24.9 Å². The Hall–Kier alpha value is -2.42. The van der Waals surface area contributed by atoms with E-state index in [4.69, 9.17) is 0 Å². The summed E-state index contributed by atoms with van der Waals surface area (Å²) in [5, 5.41) is 9.94. The lowest BCUT2D eigenvalue weighted by Crippen LogP contribution is -2.39. The van der Waals surface area contributed by atoms with Crippen LogP contribution in [0.25, 0.3) is 5.65 Å². The molecule has 0 bridgehead atoms. The van der Waals surface area contributed by atoms with E-state index in [1.807, 2.05) is 11.4 Å².